The van der Waals surface area contributed by atoms with Gasteiger partial charge in [-0.2, -0.15) is 0 Å². The smallest absolute Gasteiger partial charge is 0.420 e. The lowest BCUT2D eigenvalue weighted by Gasteiger charge is -2.20. The zero-order valence-electron chi connectivity index (χ0n) is 16.5. The fourth-order valence-electron chi connectivity index (χ4n) is 3.44. The Hall–Kier alpha value is -2.78. The Kier molecular flexibility index (Phi) is 6.06. The number of carbonyl (C=O) groups is 1. The lowest BCUT2D eigenvalue weighted by Crippen LogP contribution is -2.22. The maximum atomic E-state index is 12.8. The Morgan fingerprint density at radius 1 is 1.32 bits per heavy atom. The van der Waals surface area contributed by atoms with Gasteiger partial charge in [0.15, 0.2) is 0 Å². The molecule has 1 fully saturated rings. The fraction of sp³-hybridized carbons (Fsp3) is 0.286. The molecule has 1 aromatic carbocycles. The molecular weight excluding hydrogens is 446 g/mol. The number of anilines is 2. The number of rotatable bonds is 6. The van der Waals surface area contributed by atoms with Gasteiger partial charge in [-0.1, -0.05) is 6.92 Å². The second kappa shape index (κ2) is 8.76. The van der Waals surface area contributed by atoms with Crippen LogP contribution in [0.25, 0.3) is 10.4 Å². The Bertz CT molecular complexity index is 1060. The van der Waals surface area contributed by atoms with E-state index in [9.17, 15) is 13.6 Å². The average molecular weight is 465 g/mol. The van der Waals surface area contributed by atoms with Crippen LogP contribution in [-0.2, 0) is 0 Å². The minimum absolute atomic E-state index is 0.114. The van der Waals surface area contributed by atoms with Crippen LogP contribution >= 0.6 is 23.1 Å². The lowest BCUT2D eigenvalue weighted by molar-refractivity contribution is -0.0964. The molecule has 1 aliphatic rings. The third kappa shape index (κ3) is 5.29. The van der Waals surface area contributed by atoms with Crippen LogP contribution in [0.15, 0.2) is 48.8 Å². The number of aromatic nitrogens is 2. The SMILES string of the molecule is C[C@@H]1CCN(c2ncc(C(=O)Nc3ccc(OC(F)(F)Cl)cc3)cc2-c2ccns2)C1. The predicted octanol–water partition coefficient (Wildman–Crippen LogP) is 5.47. The van der Waals surface area contributed by atoms with Gasteiger partial charge in [0.05, 0.1) is 10.4 Å². The van der Waals surface area contributed by atoms with Gasteiger partial charge in [0.1, 0.15) is 11.6 Å². The van der Waals surface area contributed by atoms with E-state index < -0.39 is 5.57 Å². The number of amides is 1. The summed E-state index contributed by atoms with van der Waals surface area (Å²) in [5.74, 6) is 0.950. The number of nitrogens with one attached hydrogen (secondary N) is 1. The van der Waals surface area contributed by atoms with E-state index >= 15 is 0 Å². The topological polar surface area (TPSA) is 67.4 Å². The van der Waals surface area contributed by atoms with Crippen LogP contribution in [0, 0.1) is 5.92 Å². The molecule has 3 aromatic rings. The highest BCUT2D eigenvalue weighted by Gasteiger charge is 2.27. The minimum atomic E-state index is -3.79. The minimum Gasteiger partial charge on any atom is -0.420 e. The van der Waals surface area contributed by atoms with Crippen molar-refractivity contribution in [1.29, 1.82) is 0 Å². The molecule has 1 saturated heterocycles. The van der Waals surface area contributed by atoms with Crippen LogP contribution in [0.1, 0.15) is 23.7 Å². The molecule has 0 saturated carbocycles. The van der Waals surface area contributed by atoms with Crippen molar-refractivity contribution in [3.8, 4) is 16.2 Å². The second-order valence-corrected chi connectivity index (χ2v) is 8.61. The zero-order chi connectivity index (χ0) is 22.0. The van der Waals surface area contributed by atoms with Gasteiger partial charge < -0.3 is 15.0 Å². The molecule has 31 heavy (non-hydrogen) atoms. The van der Waals surface area contributed by atoms with Gasteiger partial charge in [-0.05, 0) is 60.3 Å². The molecule has 162 valence electrons. The van der Waals surface area contributed by atoms with E-state index in [-0.39, 0.29) is 11.7 Å². The van der Waals surface area contributed by atoms with E-state index in [1.54, 1.807) is 18.5 Å². The molecule has 4 rings (SSSR count). The van der Waals surface area contributed by atoms with Crippen molar-refractivity contribution in [2.24, 2.45) is 5.92 Å². The lowest BCUT2D eigenvalue weighted by atomic mass is 10.1. The Labute approximate surface area is 187 Å². The molecule has 0 spiro atoms. The van der Waals surface area contributed by atoms with Gasteiger partial charge in [0.25, 0.3) is 5.91 Å². The average Bonchev–Trinajstić information content (AvgIpc) is 3.40. The molecule has 0 aliphatic carbocycles. The molecule has 2 aromatic heterocycles. The molecule has 0 bridgehead atoms. The van der Waals surface area contributed by atoms with E-state index in [0.29, 0.717) is 17.2 Å². The number of halogens is 3. The monoisotopic (exact) mass is 464 g/mol. The standard InChI is InChI=1S/C21H19ClF2N4O2S/c1-13-7-9-28(12-13)19-17(18-6-8-26-31-18)10-14(11-25-19)20(29)27-15-2-4-16(5-3-15)30-21(22,23)24/h2-6,8,10-11,13H,7,9,12H2,1H3,(H,27,29)/t13-/m1/s1. The summed E-state index contributed by atoms with van der Waals surface area (Å²) in [6.07, 6.45) is 4.36. The van der Waals surface area contributed by atoms with E-state index in [2.05, 4.69) is 31.2 Å². The van der Waals surface area contributed by atoms with Gasteiger partial charge in [-0.15, -0.1) is 8.78 Å². The van der Waals surface area contributed by atoms with Gasteiger partial charge in [-0.25, -0.2) is 9.36 Å². The van der Waals surface area contributed by atoms with E-state index in [1.165, 1.54) is 35.8 Å². The summed E-state index contributed by atoms with van der Waals surface area (Å²) >= 11 is 6.10. The molecule has 3 heterocycles. The fourth-order valence-corrected chi connectivity index (χ4v) is 4.13. The first-order valence-electron chi connectivity index (χ1n) is 9.62. The number of carbonyl (C=O) groups excluding carboxylic acids is 1. The number of alkyl halides is 3. The molecule has 6 nitrogen and oxygen atoms in total. The molecule has 0 unspecified atom stereocenters. The Morgan fingerprint density at radius 2 is 2.10 bits per heavy atom. The molecule has 10 heteroatoms. The van der Waals surface area contributed by atoms with Crippen molar-refractivity contribution in [2.45, 2.75) is 18.9 Å². The third-order valence-corrected chi connectivity index (χ3v) is 5.76. The van der Waals surface area contributed by atoms with Gasteiger partial charge in [-0.3, -0.25) is 4.79 Å². The largest absolute Gasteiger partial charge is 0.487 e. The van der Waals surface area contributed by atoms with Gasteiger partial charge in [0.2, 0.25) is 0 Å². The Morgan fingerprint density at radius 3 is 2.71 bits per heavy atom. The quantitative estimate of drug-likeness (QED) is 0.490. The molecule has 1 atom stereocenters. The van der Waals surface area contributed by atoms with Gasteiger partial charge >= 0.3 is 5.57 Å². The number of hydrogen-bond acceptors (Lipinski definition) is 6. The van der Waals surface area contributed by atoms with E-state index in [1.807, 2.05) is 6.07 Å². The van der Waals surface area contributed by atoms with Crippen LogP contribution in [0.3, 0.4) is 0 Å². The first-order valence-corrected chi connectivity index (χ1v) is 10.8. The summed E-state index contributed by atoms with van der Waals surface area (Å²) in [5.41, 5.74) is -2.13. The molecule has 1 aliphatic heterocycles. The summed E-state index contributed by atoms with van der Waals surface area (Å²) in [6, 6.07) is 9.20. The van der Waals surface area contributed by atoms with Crippen molar-refractivity contribution in [3.05, 3.63) is 54.4 Å². The van der Waals surface area contributed by atoms with Crippen molar-refractivity contribution < 1.29 is 18.3 Å². The zero-order valence-corrected chi connectivity index (χ0v) is 18.1. The van der Waals surface area contributed by atoms with Crippen molar-refractivity contribution in [1.82, 2.24) is 9.36 Å². The number of hydrogen-bond donors (Lipinski definition) is 1. The highest BCUT2D eigenvalue weighted by molar-refractivity contribution is 7.09. The summed E-state index contributed by atoms with van der Waals surface area (Å²) < 4.78 is 33.9. The summed E-state index contributed by atoms with van der Waals surface area (Å²) in [7, 11) is 0. The van der Waals surface area contributed by atoms with Crippen LogP contribution in [-0.4, -0.2) is 33.9 Å². The number of benzene rings is 1. The number of pyridine rings is 1. The Balaban J connectivity index is 1.55. The number of nitrogens with zero attached hydrogens (tertiary/aromatic N) is 3. The maximum absolute atomic E-state index is 12.8. The summed E-state index contributed by atoms with van der Waals surface area (Å²) in [5, 5.41) is 2.74. The normalized spacial score (nSPS) is 16.4. The molecular formula is C21H19ClF2N4O2S. The third-order valence-electron chi connectivity index (χ3n) is 4.90. The highest BCUT2D eigenvalue weighted by Crippen LogP contribution is 2.35. The molecule has 1 N–H and O–H groups in total. The molecule has 0 radical (unpaired) electrons. The van der Waals surface area contributed by atoms with Crippen molar-refractivity contribution >= 4 is 40.5 Å². The first-order chi connectivity index (χ1) is 14.8. The van der Waals surface area contributed by atoms with Crippen LogP contribution in [0.4, 0.5) is 20.3 Å². The first kappa shape index (κ1) is 21.5. The van der Waals surface area contributed by atoms with Crippen molar-refractivity contribution in [3.63, 3.8) is 0 Å². The molecule has 1 amide bonds. The van der Waals surface area contributed by atoms with Gasteiger partial charge in [0, 0.05) is 48.3 Å². The van der Waals surface area contributed by atoms with Crippen LogP contribution < -0.4 is 15.0 Å². The van der Waals surface area contributed by atoms with E-state index in [4.69, 9.17) is 11.6 Å². The van der Waals surface area contributed by atoms with Crippen LogP contribution in [0.5, 0.6) is 5.75 Å². The predicted molar refractivity (Wildman–Crippen MR) is 117 cm³/mol. The maximum Gasteiger partial charge on any atom is 0.487 e. The second-order valence-electron chi connectivity index (χ2n) is 7.34. The number of ether oxygens (including phenoxy) is 1. The summed E-state index contributed by atoms with van der Waals surface area (Å²) in [6.45, 7) is 4.04. The van der Waals surface area contributed by atoms with Crippen molar-refractivity contribution in [2.75, 3.05) is 23.3 Å². The van der Waals surface area contributed by atoms with Crippen LogP contribution in [0.2, 0.25) is 0 Å². The summed E-state index contributed by atoms with van der Waals surface area (Å²) in [4.78, 5) is 20.5. The highest BCUT2D eigenvalue weighted by atomic mass is 35.5. The van der Waals surface area contributed by atoms with E-state index in [0.717, 1.165) is 35.8 Å².